The molecule has 3 aromatic rings. The summed E-state index contributed by atoms with van der Waals surface area (Å²) in [5.74, 6) is 0.522. The third-order valence-electron chi connectivity index (χ3n) is 2.98. The number of aldehydes is 1. The summed E-state index contributed by atoms with van der Waals surface area (Å²) in [6.45, 7) is 2.11. The molecule has 0 bridgehead atoms. The number of thioether (sulfide) groups is 1. The molecule has 2 aromatic carbocycles. The number of thiophene rings is 1. The van der Waals surface area contributed by atoms with Gasteiger partial charge in [-0.1, -0.05) is 18.2 Å². The Bertz CT molecular complexity index is 728. The Morgan fingerprint density at radius 1 is 1.17 bits per heavy atom. The molecule has 3 rings (SSSR count). The Morgan fingerprint density at radius 2 is 2.00 bits per heavy atom. The van der Waals surface area contributed by atoms with Gasteiger partial charge in [-0.3, -0.25) is 0 Å². The number of aryl methyl sites for hydroxylation is 1. The summed E-state index contributed by atoms with van der Waals surface area (Å²) >= 11 is 3.44. The smallest absolute Gasteiger partial charge is 0.130 e. The van der Waals surface area contributed by atoms with E-state index in [2.05, 4.69) is 43.3 Å². The van der Waals surface area contributed by atoms with Crippen molar-refractivity contribution in [2.24, 2.45) is 0 Å². The van der Waals surface area contributed by atoms with Crippen molar-refractivity contribution in [3.8, 4) is 0 Å². The zero-order valence-corrected chi connectivity index (χ0v) is 11.6. The zero-order valence-electron chi connectivity index (χ0n) is 9.97. The second-order valence-electron chi connectivity index (χ2n) is 4.19. The van der Waals surface area contributed by atoms with E-state index in [4.69, 9.17) is 0 Å². The van der Waals surface area contributed by atoms with Gasteiger partial charge in [-0.2, -0.15) is 0 Å². The van der Waals surface area contributed by atoms with Crippen molar-refractivity contribution in [1.29, 1.82) is 0 Å². The summed E-state index contributed by atoms with van der Waals surface area (Å²) in [7, 11) is 0. The summed E-state index contributed by atoms with van der Waals surface area (Å²) in [6.07, 6.45) is 0.958. The number of carbonyl (C=O) groups excluding carboxylic acids is 1. The first-order valence-electron chi connectivity index (χ1n) is 5.78. The molecule has 18 heavy (non-hydrogen) atoms. The molecule has 0 atom stereocenters. The van der Waals surface area contributed by atoms with E-state index >= 15 is 0 Å². The van der Waals surface area contributed by atoms with Gasteiger partial charge in [0.15, 0.2) is 0 Å². The van der Waals surface area contributed by atoms with Crippen LogP contribution in [0.5, 0.6) is 0 Å². The van der Waals surface area contributed by atoms with Crippen LogP contribution in [-0.2, 0) is 4.79 Å². The van der Waals surface area contributed by atoms with Crippen molar-refractivity contribution in [1.82, 2.24) is 0 Å². The van der Waals surface area contributed by atoms with E-state index < -0.39 is 0 Å². The molecule has 3 heteroatoms. The lowest BCUT2D eigenvalue weighted by molar-refractivity contribution is -0.105. The highest BCUT2D eigenvalue weighted by Gasteiger charge is 2.08. The first kappa shape index (κ1) is 11.8. The van der Waals surface area contributed by atoms with Crippen LogP contribution in [0.4, 0.5) is 0 Å². The highest BCUT2D eigenvalue weighted by molar-refractivity contribution is 8.00. The van der Waals surface area contributed by atoms with Gasteiger partial charge >= 0.3 is 0 Å². The highest BCUT2D eigenvalue weighted by Crippen LogP contribution is 2.37. The van der Waals surface area contributed by atoms with Gasteiger partial charge in [-0.25, -0.2) is 0 Å². The van der Waals surface area contributed by atoms with Crippen molar-refractivity contribution in [2.45, 2.75) is 11.8 Å². The topological polar surface area (TPSA) is 17.1 Å². The lowest BCUT2D eigenvalue weighted by atomic mass is 10.1. The van der Waals surface area contributed by atoms with Crippen LogP contribution in [0.3, 0.4) is 0 Å². The maximum absolute atomic E-state index is 10.5. The van der Waals surface area contributed by atoms with Crippen LogP contribution >= 0.6 is 23.1 Å². The summed E-state index contributed by atoms with van der Waals surface area (Å²) in [5, 5.41) is 2.61. The van der Waals surface area contributed by atoms with Crippen molar-refractivity contribution in [2.75, 3.05) is 5.75 Å². The maximum Gasteiger partial charge on any atom is 0.130 e. The molecule has 90 valence electrons. The van der Waals surface area contributed by atoms with Gasteiger partial charge in [0.05, 0.1) is 5.75 Å². The largest absolute Gasteiger partial charge is 0.302 e. The van der Waals surface area contributed by atoms with E-state index in [1.165, 1.54) is 30.6 Å². The highest BCUT2D eigenvalue weighted by atomic mass is 32.2. The minimum atomic E-state index is 0.522. The summed E-state index contributed by atoms with van der Waals surface area (Å²) < 4.78 is 2.65. The molecule has 1 heterocycles. The molecule has 0 amide bonds. The molecule has 0 aliphatic heterocycles. The molecule has 0 unspecified atom stereocenters. The van der Waals surface area contributed by atoms with E-state index in [1.807, 2.05) is 11.3 Å². The minimum Gasteiger partial charge on any atom is -0.302 e. The van der Waals surface area contributed by atoms with Crippen LogP contribution in [0.1, 0.15) is 5.56 Å². The molecule has 0 saturated carbocycles. The number of fused-ring (bicyclic) bond motifs is 3. The molecule has 0 aliphatic carbocycles. The normalized spacial score (nSPS) is 11.2. The maximum atomic E-state index is 10.5. The van der Waals surface area contributed by atoms with Crippen LogP contribution < -0.4 is 0 Å². The standard InChI is InChI=1S/C15H12OS2/c1-10-8-15-12(9-14(10)17-7-6-16)11-4-2-3-5-13(11)18-15/h2-6,8-9H,7H2,1H3. The molecular weight excluding hydrogens is 260 g/mol. The first-order valence-corrected chi connectivity index (χ1v) is 7.58. The molecule has 0 saturated heterocycles. The fourth-order valence-electron chi connectivity index (χ4n) is 2.13. The lowest BCUT2D eigenvalue weighted by Crippen LogP contribution is -1.83. The number of rotatable bonds is 3. The van der Waals surface area contributed by atoms with E-state index in [9.17, 15) is 4.79 Å². The predicted octanol–water partition coefficient (Wildman–Crippen LogP) is 4.65. The summed E-state index contributed by atoms with van der Waals surface area (Å²) in [4.78, 5) is 11.7. The average molecular weight is 272 g/mol. The number of hydrogen-bond acceptors (Lipinski definition) is 3. The second-order valence-corrected chi connectivity index (χ2v) is 6.34. The van der Waals surface area contributed by atoms with E-state index in [0.717, 1.165) is 6.29 Å². The van der Waals surface area contributed by atoms with Gasteiger partial charge in [-0.05, 0) is 30.7 Å². The van der Waals surface area contributed by atoms with Crippen molar-refractivity contribution >= 4 is 49.6 Å². The van der Waals surface area contributed by atoms with E-state index in [-0.39, 0.29) is 0 Å². The Hall–Kier alpha value is -1.32. The van der Waals surface area contributed by atoms with E-state index in [1.54, 1.807) is 11.8 Å². The third kappa shape index (κ3) is 1.93. The predicted molar refractivity (Wildman–Crippen MR) is 80.9 cm³/mol. The molecular formula is C15H12OS2. The van der Waals surface area contributed by atoms with Gasteiger partial charge < -0.3 is 4.79 Å². The van der Waals surface area contributed by atoms with Crippen LogP contribution in [0.2, 0.25) is 0 Å². The molecule has 0 N–H and O–H groups in total. The van der Waals surface area contributed by atoms with Gasteiger partial charge in [-0.15, -0.1) is 23.1 Å². The fraction of sp³-hybridized carbons (Fsp3) is 0.133. The van der Waals surface area contributed by atoms with Gasteiger partial charge in [0.2, 0.25) is 0 Å². The fourth-order valence-corrected chi connectivity index (χ4v) is 4.05. The number of hydrogen-bond donors (Lipinski definition) is 0. The van der Waals surface area contributed by atoms with Crippen LogP contribution in [-0.4, -0.2) is 12.0 Å². The monoisotopic (exact) mass is 272 g/mol. The third-order valence-corrected chi connectivity index (χ3v) is 5.17. The average Bonchev–Trinajstić information content (AvgIpc) is 2.73. The summed E-state index contributed by atoms with van der Waals surface area (Å²) in [5.41, 5.74) is 1.25. The Labute approximate surface area is 114 Å². The van der Waals surface area contributed by atoms with Gasteiger partial charge in [0.1, 0.15) is 6.29 Å². The SMILES string of the molecule is Cc1cc2sc3ccccc3c2cc1SCC=O. The van der Waals surface area contributed by atoms with Crippen molar-refractivity contribution in [3.63, 3.8) is 0 Å². The van der Waals surface area contributed by atoms with E-state index in [0.29, 0.717) is 5.75 Å². The molecule has 0 aliphatic rings. The Morgan fingerprint density at radius 3 is 2.83 bits per heavy atom. The van der Waals surface area contributed by atoms with Crippen LogP contribution in [0.15, 0.2) is 41.3 Å². The molecule has 0 fully saturated rings. The second kappa shape index (κ2) is 4.75. The Balaban J connectivity index is 2.25. The minimum absolute atomic E-state index is 0.522. The van der Waals surface area contributed by atoms with Gasteiger partial charge in [0.25, 0.3) is 0 Å². The van der Waals surface area contributed by atoms with Gasteiger partial charge in [0, 0.05) is 25.1 Å². The van der Waals surface area contributed by atoms with Crippen molar-refractivity contribution < 1.29 is 4.79 Å². The molecule has 1 aromatic heterocycles. The van der Waals surface area contributed by atoms with Crippen LogP contribution in [0, 0.1) is 6.92 Å². The van der Waals surface area contributed by atoms with Crippen molar-refractivity contribution in [3.05, 3.63) is 42.0 Å². The molecule has 0 radical (unpaired) electrons. The number of benzene rings is 2. The zero-order chi connectivity index (χ0) is 12.5. The molecule has 0 spiro atoms. The van der Waals surface area contributed by atoms with Crippen LogP contribution in [0.25, 0.3) is 20.2 Å². The number of carbonyl (C=O) groups is 1. The Kier molecular flexibility index (Phi) is 3.10. The first-order chi connectivity index (χ1) is 8.79. The molecule has 1 nitrogen and oxygen atoms in total. The lowest BCUT2D eigenvalue weighted by Gasteiger charge is -2.03. The summed E-state index contributed by atoms with van der Waals surface area (Å²) in [6, 6.07) is 12.9. The quantitative estimate of drug-likeness (QED) is 0.510.